The molecule has 2 heterocycles. The molecule has 9 nitrogen and oxygen atoms in total. The summed E-state index contributed by atoms with van der Waals surface area (Å²) in [6.07, 6.45) is 1.17. The van der Waals surface area contributed by atoms with Crippen molar-refractivity contribution in [3.63, 3.8) is 0 Å². The van der Waals surface area contributed by atoms with Crippen LogP contribution in [-0.2, 0) is 22.6 Å². The maximum Gasteiger partial charge on any atom is 0.408 e. The quantitative estimate of drug-likeness (QED) is 0.122. The van der Waals surface area contributed by atoms with Gasteiger partial charge in [0.2, 0.25) is 11.2 Å². The molecule has 9 heteroatoms. The van der Waals surface area contributed by atoms with E-state index in [0.29, 0.717) is 5.75 Å². The molecule has 0 aliphatic rings. The van der Waals surface area contributed by atoms with E-state index in [1.165, 1.54) is 18.2 Å². The standard InChI is InChI=1S/C39H30N2O7/c1-24-37(47-29-16-15-26-11-5-6-12-27(26)19-29)36(42)32-18-17-30(21-35(32)46-24)48-38(43)34(20-28-22-40-33-14-8-7-13-31(28)33)41-39(44)45-23-25-9-3-2-4-10-25/h2-19,21-22,34,40H,20,23H2,1H3,(H,41,44). The van der Waals surface area contributed by atoms with Gasteiger partial charge < -0.3 is 28.9 Å². The zero-order valence-electron chi connectivity index (χ0n) is 25.9. The molecule has 0 saturated heterocycles. The van der Waals surface area contributed by atoms with Crippen molar-refractivity contribution in [1.29, 1.82) is 0 Å². The molecule has 1 atom stereocenters. The third-order valence-corrected chi connectivity index (χ3v) is 8.03. The fourth-order valence-corrected chi connectivity index (χ4v) is 5.61. The Kier molecular flexibility index (Phi) is 8.32. The highest BCUT2D eigenvalue weighted by Gasteiger charge is 2.26. The highest BCUT2D eigenvalue weighted by atomic mass is 16.6. The third-order valence-electron chi connectivity index (χ3n) is 8.03. The average molecular weight is 639 g/mol. The van der Waals surface area contributed by atoms with Gasteiger partial charge in [-0.3, -0.25) is 4.79 Å². The van der Waals surface area contributed by atoms with Gasteiger partial charge in [0.15, 0.2) is 0 Å². The number of benzene rings is 5. The first-order valence-corrected chi connectivity index (χ1v) is 15.4. The lowest BCUT2D eigenvalue weighted by atomic mass is 10.1. The van der Waals surface area contributed by atoms with E-state index in [1.54, 1.807) is 19.2 Å². The second-order valence-electron chi connectivity index (χ2n) is 11.3. The van der Waals surface area contributed by atoms with Gasteiger partial charge in [0.25, 0.3) is 0 Å². The van der Waals surface area contributed by atoms with Crippen LogP contribution in [0.25, 0.3) is 32.6 Å². The number of rotatable bonds is 9. The Bertz CT molecular complexity index is 2340. The molecule has 0 fully saturated rings. The SMILES string of the molecule is Cc1oc2cc(OC(=O)C(Cc3c[nH]c4ccccc34)NC(=O)OCc3ccccc3)ccc2c(=O)c1Oc1ccc2ccccc2c1. The topological polar surface area (TPSA) is 120 Å². The number of aromatic nitrogens is 1. The third kappa shape index (κ3) is 6.47. The van der Waals surface area contributed by atoms with E-state index < -0.39 is 18.1 Å². The van der Waals surface area contributed by atoms with Crippen molar-refractivity contribution in [2.75, 3.05) is 0 Å². The summed E-state index contributed by atoms with van der Waals surface area (Å²) in [6.45, 7) is 1.68. The maximum atomic E-state index is 13.6. The number of carbonyl (C=O) groups is 2. The van der Waals surface area contributed by atoms with Gasteiger partial charge in [0.1, 0.15) is 35.5 Å². The van der Waals surface area contributed by atoms with Crippen molar-refractivity contribution < 1.29 is 28.2 Å². The summed E-state index contributed by atoms with van der Waals surface area (Å²) in [5.41, 5.74) is 2.38. The van der Waals surface area contributed by atoms with Crippen LogP contribution >= 0.6 is 0 Å². The summed E-state index contributed by atoms with van der Waals surface area (Å²) in [6, 6.07) is 33.7. The molecule has 0 aliphatic heterocycles. The molecular formula is C39H30N2O7. The van der Waals surface area contributed by atoms with E-state index in [0.717, 1.165) is 32.8 Å². The Morgan fingerprint density at radius 1 is 0.812 bits per heavy atom. The van der Waals surface area contributed by atoms with E-state index in [2.05, 4.69) is 10.3 Å². The number of aryl methyl sites for hydroxylation is 1. The fourth-order valence-electron chi connectivity index (χ4n) is 5.61. The van der Waals surface area contributed by atoms with Gasteiger partial charge in [-0.15, -0.1) is 0 Å². The Hall–Kier alpha value is -6.35. The Balaban J connectivity index is 1.11. The number of nitrogens with one attached hydrogen (secondary N) is 2. The van der Waals surface area contributed by atoms with Crippen molar-refractivity contribution in [2.24, 2.45) is 0 Å². The lowest BCUT2D eigenvalue weighted by Crippen LogP contribution is -2.44. The van der Waals surface area contributed by atoms with Gasteiger partial charge >= 0.3 is 12.1 Å². The van der Waals surface area contributed by atoms with Crippen LogP contribution in [0.5, 0.6) is 17.2 Å². The second kappa shape index (κ2) is 13.2. The minimum Gasteiger partial charge on any atom is -0.457 e. The van der Waals surface area contributed by atoms with Crippen LogP contribution in [0.15, 0.2) is 131 Å². The van der Waals surface area contributed by atoms with Crippen molar-refractivity contribution >= 4 is 44.7 Å². The lowest BCUT2D eigenvalue weighted by Gasteiger charge is -2.18. The number of ether oxygens (including phenoxy) is 3. The number of amides is 1. The number of para-hydroxylation sites is 1. The van der Waals surface area contributed by atoms with Crippen LogP contribution in [0.1, 0.15) is 16.9 Å². The van der Waals surface area contributed by atoms with E-state index in [9.17, 15) is 14.4 Å². The summed E-state index contributed by atoms with van der Waals surface area (Å²) in [4.78, 5) is 43.1. The minimum absolute atomic E-state index is 0.0388. The van der Waals surface area contributed by atoms with E-state index in [1.807, 2.05) is 91.0 Å². The molecule has 5 aromatic carbocycles. The van der Waals surface area contributed by atoms with Crippen molar-refractivity contribution in [3.05, 3.63) is 149 Å². The lowest BCUT2D eigenvalue weighted by molar-refractivity contribution is -0.136. The van der Waals surface area contributed by atoms with E-state index in [-0.39, 0.29) is 46.7 Å². The highest BCUT2D eigenvalue weighted by Crippen LogP contribution is 2.29. The molecule has 0 saturated carbocycles. The molecule has 0 spiro atoms. The van der Waals surface area contributed by atoms with E-state index >= 15 is 0 Å². The molecule has 238 valence electrons. The second-order valence-corrected chi connectivity index (χ2v) is 11.3. The summed E-state index contributed by atoms with van der Waals surface area (Å²) >= 11 is 0. The normalized spacial score (nSPS) is 11.8. The van der Waals surface area contributed by atoms with Crippen molar-refractivity contribution in [2.45, 2.75) is 26.0 Å². The van der Waals surface area contributed by atoms with Crippen LogP contribution in [0.4, 0.5) is 4.79 Å². The van der Waals surface area contributed by atoms with Gasteiger partial charge in [0.05, 0.1) is 5.39 Å². The van der Waals surface area contributed by atoms with E-state index in [4.69, 9.17) is 18.6 Å². The van der Waals surface area contributed by atoms with Gasteiger partial charge in [-0.2, -0.15) is 0 Å². The molecule has 2 N–H and O–H groups in total. The first kappa shape index (κ1) is 30.3. The predicted molar refractivity (Wildman–Crippen MR) is 182 cm³/mol. The molecule has 2 aromatic heterocycles. The van der Waals surface area contributed by atoms with Crippen LogP contribution in [0.3, 0.4) is 0 Å². The largest absolute Gasteiger partial charge is 0.457 e. The minimum atomic E-state index is -1.09. The number of fused-ring (bicyclic) bond motifs is 3. The van der Waals surface area contributed by atoms with Gasteiger partial charge in [-0.25, -0.2) is 9.59 Å². The zero-order valence-corrected chi connectivity index (χ0v) is 25.9. The van der Waals surface area contributed by atoms with Crippen molar-refractivity contribution in [3.8, 4) is 17.2 Å². The van der Waals surface area contributed by atoms with Crippen LogP contribution < -0.4 is 20.2 Å². The number of hydrogen-bond donors (Lipinski definition) is 2. The molecular weight excluding hydrogens is 608 g/mol. The molecule has 1 unspecified atom stereocenters. The number of H-pyrrole nitrogens is 1. The summed E-state index contributed by atoms with van der Waals surface area (Å²) in [5.74, 6) is 0.266. The van der Waals surface area contributed by atoms with Crippen LogP contribution in [0.2, 0.25) is 0 Å². The smallest absolute Gasteiger partial charge is 0.408 e. The molecule has 7 aromatic rings. The van der Waals surface area contributed by atoms with Gasteiger partial charge in [-0.05, 0) is 59.2 Å². The fraction of sp³-hybridized carbons (Fsp3) is 0.103. The molecule has 0 radical (unpaired) electrons. The Labute approximate surface area is 274 Å². The number of carbonyl (C=O) groups excluding carboxylic acids is 2. The zero-order chi connectivity index (χ0) is 33.0. The first-order valence-electron chi connectivity index (χ1n) is 15.4. The highest BCUT2D eigenvalue weighted by molar-refractivity contribution is 5.88. The summed E-state index contributed by atoms with van der Waals surface area (Å²) in [7, 11) is 0. The molecule has 0 aliphatic carbocycles. The first-order chi connectivity index (χ1) is 23.4. The molecule has 48 heavy (non-hydrogen) atoms. The number of alkyl carbamates (subject to hydrolysis) is 1. The summed E-state index contributed by atoms with van der Waals surface area (Å²) in [5, 5.41) is 5.87. The number of aromatic amines is 1. The molecule has 0 bridgehead atoms. The molecule has 1 amide bonds. The van der Waals surface area contributed by atoms with Gasteiger partial charge in [0, 0.05) is 29.6 Å². The number of hydrogen-bond acceptors (Lipinski definition) is 7. The summed E-state index contributed by atoms with van der Waals surface area (Å²) < 4.78 is 23.1. The van der Waals surface area contributed by atoms with Crippen molar-refractivity contribution in [1.82, 2.24) is 10.3 Å². The predicted octanol–water partition coefficient (Wildman–Crippen LogP) is 7.97. The number of esters is 1. The Morgan fingerprint density at radius 2 is 1.56 bits per heavy atom. The molecule has 7 rings (SSSR count). The monoisotopic (exact) mass is 638 g/mol. The van der Waals surface area contributed by atoms with Crippen LogP contribution in [-0.4, -0.2) is 23.1 Å². The van der Waals surface area contributed by atoms with Gasteiger partial charge in [-0.1, -0.05) is 78.9 Å². The van der Waals surface area contributed by atoms with Crippen LogP contribution in [0, 0.1) is 6.92 Å². The Morgan fingerprint density at radius 3 is 2.42 bits per heavy atom. The maximum absolute atomic E-state index is 13.6. The average Bonchev–Trinajstić information content (AvgIpc) is 3.51.